The van der Waals surface area contributed by atoms with Gasteiger partial charge in [0.15, 0.2) is 0 Å². The Bertz CT molecular complexity index is 541. The fourth-order valence-electron chi connectivity index (χ4n) is 3.11. The van der Waals surface area contributed by atoms with Gasteiger partial charge >= 0.3 is 0 Å². The Balaban J connectivity index is 1.40. The van der Waals surface area contributed by atoms with Crippen LogP contribution in [-0.2, 0) is 13.0 Å². The Kier molecular flexibility index (Phi) is 4.55. The Morgan fingerprint density at radius 3 is 2.48 bits per heavy atom. The second kappa shape index (κ2) is 6.76. The van der Waals surface area contributed by atoms with Crippen molar-refractivity contribution >= 4 is 5.82 Å². The standard InChI is InChI=1S/C17H24N4/c18-17-8-11-21(19-17)13-12-20-9-6-16(7-10-20)14-15-4-2-1-3-5-15/h1-5,8,11,16H,6-7,9-10,12-14H2,(H2,18,19). The molecule has 1 aromatic heterocycles. The highest BCUT2D eigenvalue weighted by Gasteiger charge is 2.19. The molecule has 3 rings (SSSR count). The predicted octanol–water partition coefficient (Wildman–Crippen LogP) is 2.42. The normalized spacial score (nSPS) is 17.1. The van der Waals surface area contributed by atoms with Crippen molar-refractivity contribution in [1.29, 1.82) is 0 Å². The Morgan fingerprint density at radius 2 is 1.81 bits per heavy atom. The van der Waals surface area contributed by atoms with E-state index in [1.165, 1.54) is 37.9 Å². The van der Waals surface area contributed by atoms with Crippen molar-refractivity contribution in [2.45, 2.75) is 25.8 Å². The summed E-state index contributed by atoms with van der Waals surface area (Å²) in [5.74, 6) is 1.44. The number of aromatic nitrogens is 2. The summed E-state index contributed by atoms with van der Waals surface area (Å²) in [6.45, 7) is 4.40. The molecule has 2 aromatic rings. The summed E-state index contributed by atoms with van der Waals surface area (Å²) >= 11 is 0. The van der Waals surface area contributed by atoms with E-state index in [9.17, 15) is 0 Å². The molecule has 0 spiro atoms. The van der Waals surface area contributed by atoms with Crippen molar-refractivity contribution in [3.05, 3.63) is 48.2 Å². The molecule has 1 fully saturated rings. The third-order valence-corrected chi connectivity index (χ3v) is 4.38. The number of rotatable bonds is 5. The minimum atomic E-state index is 0.608. The summed E-state index contributed by atoms with van der Waals surface area (Å²) < 4.78 is 1.94. The van der Waals surface area contributed by atoms with Crippen LogP contribution in [0.5, 0.6) is 0 Å². The largest absolute Gasteiger partial charge is 0.382 e. The fourth-order valence-corrected chi connectivity index (χ4v) is 3.11. The van der Waals surface area contributed by atoms with Gasteiger partial charge in [-0.1, -0.05) is 30.3 Å². The van der Waals surface area contributed by atoms with Crippen LogP contribution in [0.1, 0.15) is 18.4 Å². The van der Waals surface area contributed by atoms with E-state index < -0.39 is 0 Å². The average molecular weight is 284 g/mol. The molecule has 0 amide bonds. The van der Waals surface area contributed by atoms with Crippen molar-refractivity contribution < 1.29 is 0 Å². The molecular formula is C17H24N4. The zero-order valence-corrected chi connectivity index (χ0v) is 12.5. The van der Waals surface area contributed by atoms with Crippen LogP contribution in [0, 0.1) is 5.92 Å². The zero-order valence-electron chi connectivity index (χ0n) is 12.5. The van der Waals surface area contributed by atoms with Gasteiger partial charge in [-0.3, -0.25) is 4.68 Å². The minimum Gasteiger partial charge on any atom is -0.382 e. The van der Waals surface area contributed by atoms with E-state index in [1.807, 2.05) is 16.9 Å². The predicted molar refractivity (Wildman–Crippen MR) is 85.9 cm³/mol. The number of piperidine rings is 1. The molecule has 0 atom stereocenters. The lowest BCUT2D eigenvalue weighted by atomic mass is 9.90. The lowest BCUT2D eigenvalue weighted by Crippen LogP contribution is -2.36. The maximum atomic E-state index is 5.63. The number of nitrogens with two attached hydrogens (primary N) is 1. The molecule has 0 unspecified atom stereocenters. The van der Waals surface area contributed by atoms with Gasteiger partial charge in [0.25, 0.3) is 0 Å². The van der Waals surface area contributed by atoms with Gasteiger partial charge in [0.1, 0.15) is 5.82 Å². The smallest absolute Gasteiger partial charge is 0.145 e. The van der Waals surface area contributed by atoms with Gasteiger partial charge in [-0.25, -0.2) is 0 Å². The monoisotopic (exact) mass is 284 g/mol. The summed E-state index contributed by atoms with van der Waals surface area (Å²) in [4.78, 5) is 2.54. The molecule has 0 bridgehead atoms. The van der Waals surface area contributed by atoms with Crippen molar-refractivity contribution in [1.82, 2.24) is 14.7 Å². The number of benzene rings is 1. The van der Waals surface area contributed by atoms with Gasteiger partial charge in [0, 0.05) is 12.7 Å². The zero-order chi connectivity index (χ0) is 14.5. The second-order valence-electron chi connectivity index (χ2n) is 5.98. The van der Waals surface area contributed by atoms with Crippen molar-refractivity contribution in [2.24, 2.45) is 5.92 Å². The summed E-state index contributed by atoms with van der Waals surface area (Å²) in [5.41, 5.74) is 7.11. The van der Waals surface area contributed by atoms with Gasteiger partial charge in [0.05, 0.1) is 6.54 Å². The SMILES string of the molecule is Nc1ccn(CCN2CCC(Cc3ccccc3)CC2)n1. The first-order chi connectivity index (χ1) is 10.3. The molecule has 1 aromatic carbocycles. The third-order valence-electron chi connectivity index (χ3n) is 4.38. The molecule has 0 aliphatic carbocycles. The van der Waals surface area contributed by atoms with Crippen LogP contribution in [0.15, 0.2) is 42.6 Å². The van der Waals surface area contributed by atoms with Crippen LogP contribution < -0.4 is 5.73 Å². The third kappa shape index (κ3) is 4.08. The topological polar surface area (TPSA) is 47.1 Å². The highest BCUT2D eigenvalue weighted by molar-refractivity contribution is 5.23. The van der Waals surface area contributed by atoms with Gasteiger partial charge in [-0.2, -0.15) is 5.10 Å². The molecular weight excluding hydrogens is 260 g/mol. The second-order valence-corrected chi connectivity index (χ2v) is 5.98. The summed E-state index contributed by atoms with van der Waals surface area (Å²) in [7, 11) is 0. The van der Waals surface area contributed by atoms with Gasteiger partial charge in [-0.15, -0.1) is 0 Å². The fraction of sp³-hybridized carbons (Fsp3) is 0.471. The van der Waals surface area contributed by atoms with Crippen LogP contribution in [0.25, 0.3) is 0 Å². The van der Waals surface area contributed by atoms with Crippen molar-refractivity contribution in [2.75, 3.05) is 25.4 Å². The molecule has 4 nitrogen and oxygen atoms in total. The van der Waals surface area contributed by atoms with Gasteiger partial charge in [0.2, 0.25) is 0 Å². The first-order valence-electron chi connectivity index (χ1n) is 7.85. The highest BCUT2D eigenvalue weighted by Crippen LogP contribution is 2.21. The number of hydrogen-bond donors (Lipinski definition) is 1. The van der Waals surface area contributed by atoms with E-state index in [2.05, 4.69) is 40.3 Å². The number of nitrogen functional groups attached to an aromatic ring is 1. The Labute approximate surface area is 126 Å². The van der Waals surface area contributed by atoms with Crippen LogP contribution in [0.2, 0.25) is 0 Å². The van der Waals surface area contributed by atoms with Crippen LogP contribution in [0.4, 0.5) is 5.82 Å². The minimum absolute atomic E-state index is 0.608. The van der Waals surface area contributed by atoms with E-state index >= 15 is 0 Å². The maximum Gasteiger partial charge on any atom is 0.145 e. The first-order valence-corrected chi connectivity index (χ1v) is 7.85. The van der Waals surface area contributed by atoms with Crippen LogP contribution in [-0.4, -0.2) is 34.3 Å². The molecule has 4 heteroatoms. The number of likely N-dealkylation sites (tertiary alicyclic amines) is 1. The van der Waals surface area contributed by atoms with E-state index in [4.69, 9.17) is 5.73 Å². The molecule has 2 heterocycles. The quantitative estimate of drug-likeness (QED) is 0.917. The molecule has 21 heavy (non-hydrogen) atoms. The molecule has 1 aliphatic rings. The van der Waals surface area contributed by atoms with E-state index in [-0.39, 0.29) is 0 Å². The Hall–Kier alpha value is -1.81. The summed E-state index contributed by atoms with van der Waals surface area (Å²) in [6.07, 6.45) is 5.79. The summed E-state index contributed by atoms with van der Waals surface area (Å²) in [5, 5.41) is 4.23. The van der Waals surface area contributed by atoms with E-state index in [0.29, 0.717) is 5.82 Å². The molecule has 0 saturated carbocycles. The lowest BCUT2D eigenvalue weighted by Gasteiger charge is -2.32. The molecule has 2 N–H and O–H groups in total. The van der Waals surface area contributed by atoms with Crippen molar-refractivity contribution in [3.8, 4) is 0 Å². The van der Waals surface area contributed by atoms with Gasteiger partial charge in [-0.05, 0) is 49.9 Å². The molecule has 1 aliphatic heterocycles. The lowest BCUT2D eigenvalue weighted by molar-refractivity contribution is 0.176. The number of hydrogen-bond acceptors (Lipinski definition) is 3. The average Bonchev–Trinajstić information content (AvgIpc) is 2.93. The van der Waals surface area contributed by atoms with E-state index in [0.717, 1.165) is 19.0 Å². The molecule has 112 valence electrons. The van der Waals surface area contributed by atoms with E-state index in [1.54, 1.807) is 0 Å². The van der Waals surface area contributed by atoms with Crippen LogP contribution >= 0.6 is 0 Å². The molecule has 1 saturated heterocycles. The van der Waals surface area contributed by atoms with Crippen molar-refractivity contribution in [3.63, 3.8) is 0 Å². The number of anilines is 1. The van der Waals surface area contributed by atoms with Crippen LogP contribution in [0.3, 0.4) is 0 Å². The maximum absolute atomic E-state index is 5.63. The first kappa shape index (κ1) is 14.1. The Morgan fingerprint density at radius 1 is 1.05 bits per heavy atom. The molecule has 0 radical (unpaired) electrons. The van der Waals surface area contributed by atoms with Gasteiger partial charge < -0.3 is 10.6 Å². The number of nitrogens with zero attached hydrogens (tertiary/aromatic N) is 3. The summed E-state index contributed by atoms with van der Waals surface area (Å²) in [6, 6.07) is 12.7. The highest BCUT2D eigenvalue weighted by atomic mass is 15.3.